The second-order valence-corrected chi connectivity index (χ2v) is 4.92. The molecule has 5 nitrogen and oxygen atoms in total. The number of ether oxygens (including phenoxy) is 1. The van der Waals surface area contributed by atoms with Crippen LogP contribution in [0.5, 0.6) is 0 Å². The van der Waals surface area contributed by atoms with Gasteiger partial charge in [-0.05, 0) is 33.1 Å². The van der Waals surface area contributed by atoms with Gasteiger partial charge in [-0.1, -0.05) is 6.92 Å². The zero-order valence-corrected chi connectivity index (χ0v) is 10.4. The quantitative estimate of drug-likeness (QED) is 0.759. The van der Waals surface area contributed by atoms with Gasteiger partial charge in [-0.25, -0.2) is 4.79 Å². The number of hydrogen-bond acceptors (Lipinski definition) is 3. The monoisotopic (exact) mass is 231 g/mol. The lowest BCUT2D eigenvalue weighted by molar-refractivity contribution is -0.137. The molecule has 0 rings (SSSR count). The van der Waals surface area contributed by atoms with E-state index < -0.39 is 17.7 Å². The molecule has 1 atom stereocenters. The maximum absolute atomic E-state index is 11.3. The van der Waals surface area contributed by atoms with Gasteiger partial charge in [0.1, 0.15) is 5.60 Å². The minimum Gasteiger partial charge on any atom is -0.481 e. The van der Waals surface area contributed by atoms with E-state index in [-0.39, 0.29) is 12.3 Å². The van der Waals surface area contributed by atoms with E-state index in [9.17, 15) is 9.59 Å². The van der Waals surface area contributed by atoms with E-state index in [4.69, 9.17) is 9.84 Å². The van der Waals surface area contributed by atoms with Gasteiger partial charge in [-0.2, -0.15) is 0 Å². The smallest absolute Gasteiger partial charge is 0.407 e. The van der Waals surface area contributed by atoms with Gasteiger partial charge in [0, 0.05) is 13.0 Å². The number of hydrogen-bond donors (Lipinski definition) is 2. The third-order valence-electron chi connectivity index (χ3n) is 1.84. The van der Waals surface area contributed by atoms with Gasteiger partial charge in [0.25, 0.3) is 0 Å². The first-order valence-corrected chi connectivity index (χ1v) is 5.39. The van der Waals surface area contributed by atoms with Gasteiger partial charge >= 0.3 is 12.1 Å². The van der Waals surface area contributed by atoms with Crippen molar-refractivity contribution in [1.82, 2.24) is 5.32 Å². The molecule has 0 fully saturated rings. The Morgan fingerprint density at radius 3 is 2.38 bits per heavy atom. The second-order valence-electron chi connectivity index (χ2n) is 4.92. The first-order chi connectivity index (χ1) is 7.20. The number of aliphatic carboxylic acids is 1. The molecule has 0 spiro atoms. The molecular weight excluding hydrogens is 210 g/mol. The van der Waals surface area contributed by atoms with Crippen molar-refractivity contribution in [2.45, 2.75) is 46.1 Å². The number of carboxylic acids is 1. The highest BCUT2D eigenvalue weighted by molar-refractivity contribution is 5.68. The third kappa shape index (κ3) is 9.30. The van der Waals surface area contributed by atoms with Crippen LogP contribution in [-0.2, 0) is 9.53 Å². The molecule has 0 bridgehead atoms. The summed E-state index contributed by atoms with van der Waals surface area (Å²) in [4.78, 5) is 21.6. The number of carbonyl (C=O) groups excluding carboxylic acids is 1. The molecule has 2 N–H and O–H groups in total. The van der Waals surface area contributed by atoms with Crippen LogP contribution in [-0.4, -0.2) is 29.3 Å². The Labute approximate surface area is 96.2 Å². The summed E-state index contributed by atoms with van der Waals surface area (Å²) in [5.41, 5.74) is -0.506. The minimum atomic E-state index is -0.816. The average Bonchev–Trinajstić information content (AvgIpc) is 2.08. The molecular formula is C11H21NO4. The van der Waals surface area contributed by atoms with E-state index in [1.54, 1.807) is 20.8 Å². The number of rotatable bonds is 5. The van der Waals surface area contributed by atoms with Crippen molar-refractivity contribution >= 4 is 12.1 Å². The maximum atomic E-state index is 11.3. The van der Waals surface area contributed by atoms with Crippen molar-refractivity contribution in [1.29, 1.82) is 0 Å². The fourth-order valence-corrected chi connectivity index (χ4v) is 1.04. The van der Waals surface area contributed by atoms with E-state index in [2.05, 4.69) is 5.32 Å². The Hall–Kier alpha value is -1.26. The van der Waals surface area contributed by atoms with Crippen LogP contribution in [0.2, 0.25) is 0 Å². The Bertz CT molecular complexity index is 245. The first kappa shape index (κ1) is 14.7. The van der Waals surface area contributed by atoms with Crippen LogP contribution in [0, 0.1) is 5.92 Å². The predicted octanol–water partition coefficient (Wildman–Crippen LogP) is 2.01. The van der Waals surface area contributed by atoms with Crippen molar-refractivity contribution in [3.63, 3.8) is 0 Å². The average molecular weight is 231 g/mol. The summed E-state index contributed by atoms with van der Waals surface area (Å²) >= 11 is 0. The number of carbonyl (C=O) groups is 2. The van der Waals surface area contributed by atoms with E-state index >= 15 is 0 Å². The van der Waals surface area contributed by atoms with Crippen LogP contribution in [0.4, 0.5) is 4.79 Å². The van der Waals surface area contributed by atoms with Crippen LogP contribution < -0.4 is 5.32 Å². The Morgan fingerprint density at radius 1 is 1.38 bits per heavy atom. The highest BCUT2D eigenvalue weighted by atomic mass is 16.6. The molecule has 94 valence electrons. The Balaban J connectivity index is 3.71. The molecule has 0 aliphatic rings. The number of carboxylic acid groups (broad SMARTS) is 1. The lowest BCUT2D eigenvalue weighted by Gasteiger charge is -2.20. The van der Waals surface area contributed by atoms with Crippen molar-refractivity contribution in [3.8, 4) is 0 Å². The molecule has 0 aromatic rings. The fourth-order valence-electron chi connectivity index (χ4n) is 1.04. The standard InChI is InChI=1S/C11H21NO4/c1-8(5-6-9(13)14)7-12-10(15)16-11(2,3)4/h8H,5-7H2,1-4H3,(H,12,15)(H,13,14). The van der Waals surface area contributed by atoms with E-state index in [0.29, 0.717) is 13.0 Å². The van der Waals surface area contributed by atoms with E-state index in [1.165, 1.54) is 0 Å². The van der Waals surface area contributed by atoms with Gasteiger partial charge < -0.3 is 15.2 Å². The van der Waals surface area contributed by atoms with Crippen molar-refractivity contribution in [2.75, 3.05) is 6.54 Å². The summed E-state index contributed by atoms with van der Waals surface area (Å²) in [6.07, 6.45) is 0.206. The van der Waals surface area contributed by atoms with Crippen molar-refractivity contribution in [3.05, 3.63) is 0 Å². The van der Waals surface area contributed by atoms with Crippen LogP contribution >= 0.6 is 0 Å². The maximum Gasteiger partial charge on any atom is 0.407 e. The zero-order valence-electron chi connectivity index (χ0n) is 10.4. The van der Waals surface area contributed by atoms with Gasteiger partial charge in [0.2, 0.25) is 0 Å². The molecule has 0 aliphatic heterocycles. The molecule has 0 saturated carbocycles. The molecule has 5 heteroatoms. The summed E-state index contributed by atoms with van der Waals surface area (Å²) in [6, 6.07) is 0. The fraction of sp³-hybridized carbons (Fsp3) is 0.818. The molecule has 0 radical (unpaired) electrons. The van der Waals surface area contributed by atoms with Gasteiger partial charge in [0.15, 0.2) is 0 Å². The normalized spacial score (nSPS) is 13.0. The summed E-state index contributed by atoms with van der Waals surface area (Å²) in [6.45, 7) is 7.70. The summed E-state index contributed by atoms with van der Waals surface area (Å²) < 4.78 is 5.05. The molecule has 0 saturated heterocycles. The number of amides is 1. The molecule has 0 aromatic carbocycles. The SMILES string of the molecule is CC(CCC(=O)O)CNC(=O)OC(C)(C)C. The van der Waals surface area contributed by atoms with Gasteiger partial charge in [0.05, 0.1) is 0 Å². The summed E-state index contributed by atoms with van der Waals surface area (Å²) in [5.74, 6) is -0.687. The topological polar surface area (TPSA) is 75.6 Å². The minimum absolute atomic E-state index is 0.122. The summed E-state index contributed by atoms with van der Waals surface area (Å²) in [7, 11) is 0. The van der Waals surface area contributed by atoms with Crippen molar-refractivity contribution < 1.29 is 19.4 Å². The Kier molecular flexibility index (Phi) is 5.85. The molecule has 16 heavy (non-hydrogen) atoms. The largest absolute Gasteiger partial charge is 0.481 e. The lowest BCUT2D eigenvalue weighted by Crippen LogP contribution is -2.34. The van der Waals surface area contributed by atoms with E-state index in [1.807, 2.05) is 6.92 Å². The summed E-state index contributed by atoms with van der Waals surface area (Å²) in [5, 5.41) is 11.1. The second kappa shape index (κ2) is 6.35. The molecule has 0 aliphatic carbocycles. The van der Waals surface area contributed by atoms with Gasteiger partial charge in [-0.3, -0.25) is 4.79 Å². The number of alkyl carbamates (subject to hydrolysis) is 1. The third-order valence-corrected chi connectivity index (χ3v) is 1.84. The molecule has 1 unspecified atom stereocenters. The lowest BCUT2D eigenvalue weighted by atomic mass is 10.1. The van der Waals surface area contributed by atoms with E-state index in [0.717, 1.165) is 0 Å². The zero-order chi connectivity index (χ0) is 12.8. The Morgan fingerprint density at radius 2 is 1.94 bits per heavy atom. The van der Waals surface area contributed by atoms with Crippen LogP contribution in [0.1, 0.15) is 40.5 Å². The molecule has 0 heterocycles. The predicted molar refractivity (Wildman–Crippen MR) is 60.3 cm³/mol. The van der Waals surface area contributed by atoms with Crippen LogP contribution in [0.15, 0.2) is 0 Å². The molecule has 1 amide bonds. The highest BCUT2D eigenvalue weighted by Crippen LogP contribution is 2.07. The number of nitrogens with one attached hydrogen (secondary N) is 1. The van der Waals surface area contributed by atoms with Crippen molar-refractivity contribution in [2.24, 2.45) is 5.92 Å². The van der Waals surface area contributed by atoms with Crippen LogP contribution in [0.3, 0.4) is 0 Å². The first-order valence-electron chi connectivity index (χ1n) is 5.39. The van der Waals surface area contributed by atoms with Crippen LogP contribution in [0.25, 0.3) is 0 Å². The highest BCUT2D eigenvalue weighted by Gasteiger charge is 2.16. The molecule has 0 aromatic heterocycles. The van der Waals surface area contributed by atoms with Gasteiger partial charge in [-0.15, -0.1) is 0 Å².